The molecular formula is C75H20O5. The van der Waals surface area contributed by atoms with Crippen LogP contribution in [0.4, 0.5) is 0 Å². The fourth-order valence-corrected chi connectivity index (χ4v) is 26.6. The van der Waals surface area contributed by atoms with E-state index in [9.17, 15) is 0 Å². The van der Waals surface area contributed by atoms with Gasteiger partial charge in [-0.3, -0.25) is 9.59 Å². The third kappa shape index (κ3) is 1.90. The molecule has 350 valence electrons. The maximum atomic E-state index is 16.7. The molecule has 0 saturated heterocycles. The second-order valence-corrected chi connectivity index (χ2v) is 27.7. The highest BCUT2D eigenvalue weighted by molar-refractivity contribution is 6.81. The van der Waals surface area contributed by atoms with Crippen LogP contribution in [0.1, 0.15) is 45.4 Å². The van der Waals surface area contributed by atoms with Crippen LogP contribution in [0.15, 0.2) is 30.3 Å². The number of hydrogen-bond donors (Lipinski definition) is 0. The Hall–Kier alpha value is -9.42. The molecular weight excluding hydrogens is 981 g/mol. The maximum absolute atomic E-state index is 16.7. The third-order valence-electron chi connectivity index (χ3n) is 27.1. The molecule has 5 aliphatic carbocycles. The van der Waals surface area contributed by atoms with Crippen molar-refractivity contribution in [2.45, 2.75) is 23.7 Å². The Labute approximate surface area is 439 Å². The Balaban J connectivity index is 1.12. The summed E-state index contributed by atoms with van der Waals surface area (Å²) in [5.41, 5.74) is 5.23. The van der Waals surface area contributed by atoms with Crippen LogP contribution >= 0.6 is 0 Å². The molecule has 33 rings (SSSR count). The van der Waals surface area contributed by atoms with E-state index in [1.807, 2.05) is 0 Å². The summed E-state index contributed by atoms with van der Waals surface area (Å²) >= 11 is 0. The van der Waals surface area contributed by atoms with Crippen molar-refractivity contribution in [3.05, 3.63) is 69.3 Å². The van der Waals surface area contributed by atoms with Crippen LogP contribution in [-0.4, -0.2) is 39.9 Å². The Morgan fingerprint density at radius 1 is 0.312 bits per heavy atom. The van der Waals surface area contributed by atoms with Crippen molar-refractivity contribution in [1.29, 1.82) is 0 Å². The number of esters is 2. The van der Waals surface area contributed by atoms with Crippen molar-refractivity contribution in [1.82, 2.24) is 0 Å². The molecule has 0 bridgehead atoms. The molecule has 0 aromatic heterocycles. The molecule has 5 nitrogen and oxygen atoms in total. The maximum Gasteiger partial charge on any atom is 0.324 e. The van der Waals surface area contributed by atoms with Gasteiger partial charge in [0.05, 0.1) is 25.0 Å². The van der Waals surface area contributed by atoms with Gasteiger partial charge in [0.1, 0.15) is 0 Å². The molecule has 5 heteroatoms. The SMILES string of the molecule is COCCC(C(=O)OC)(C(=O)OC)C12c3c4c5c6c7c8c9c%10c(c1c1c%11c2c2c%12c3c5c3c5c6c6c7c7c9c9c%13c%10c1c1c%10c%11c%11c2c2c%12c3c3c5c5c6c6c7c9c7c(c%131)c1c%10c%11c9c2c3c2c9c1c7c6c52)C48Cc1ccccc1. The smallest absolute Gasteiger partial charge is 0.324 e. The van der Waals surface area contributed by atoms with E-state index in [1.165, 1.54) is 269 Å². The van der Waals surface area contributed by atoms with Crippen LogP contribution in [0.5, 0.6) is 0 Å². The number of methoxy groups -OCH3 is 3. The summed E-state index contributed by atoms with van der Waals surface area (Å²) in [6, 6.07) is 11.5. The molecule has 2 unspecified atom stereocenters. The van der Waals surface area contributed by atoms with Crippen molar-refractivity contribution in [2.75, 3.05) is 27.9 Å². The van der Waals surface area contributed by atoms with E-state index in [4.69, 9.17) is 14.2 Å². The minimum atomic E-state index is -1.89. The van der Waals surface area contributed by atoms with Crippen LogP contribution < -0.4 is 0 Å². The molecule has 0 saturated carbocycles. The first kappa shape index (κ1) is 33.1. The van der Waals surface area contributed by atoms with Crippen molar-refractivity contribution < 1.29 is 23.8 Å². The first-order valence-electron chi connectivity index (χ1n) is 29.1. The summed E-state index contributed by atoms with van der Waals surface area (Å²) in [6.07, 6.45) is 0.864. The van der Waals surface area contributed by atoms with Crippen LogP contribution in [-0.2, 0) is 41.1 Å². The summed E-state index contributed by atoms with van der Waals surface area (Å²) in [5, 5.41) is 76.5. The average Bonchev–Trinajstić information content (AvgIpc) is 1.40. The van der Waals surface area contributed by atoms with Gasteiger partial charge in [-0.05, 0) is 332 Å². The average molecular weight is 1000 g/mol. The molecule has 0 radical (unpaired) electrons. The largest absolute Gasteiger partial charge is 0.468 e. The molecule has 0 heterocycles. The second-order valence-electron chi connectivity index (χ2n) is 27.7. The van der Waals surface area contributed by atoms with Gasteiger partial charge in [0.25, 0.3) is 0 Å². The van der Waals surface area contributed by atoms with Crippen LogP contribution in [0.2, 0.25) is 0 Å². The molecule has 0 fully saturated rings. The predicted octanol–water partition coefficient (Wildman–Crippen LogP) is 17.6. The van der Waals surface area contributed by atoms with Gasteiger partial charge >= 0.3 is 11.9 Å². The first-order valence-corrected chi connectivity index (χ1v) is 29.1. The lowest BCUT2D eigenvalue weighted by atomic mass is 9.45. The zero-order valence-electron chi connectivity index (χ0n) is 42.0. The van der Waals surface area contributed by atoms with Gasteiger partial charge in [-0.15, -0.1) is 0 Å². The van der Waals surface area contributed by atoms with E-state index in [0.717, 1.165) is 6.42 Å². The molecule has 2 atom stereocenters. The number of rotatable bonds is 8. The van der Waals surface area contributed by atoms with Gasteiger partial charge in [-0.25, -0.2) is 0 Å². The Morgan fingerprint density at radius 3 is 0.875 bits per heavy atom. The van der Waals surface area contributed by atoms with Gasteiger partial charge in [-0.1, -0.05) is 30.3 Å². The number of carbonyl (C=O) groups is 2. The Kier molecular flexibility index (Phi) is 3.30. The highest BCUT2D eigenvalue weighted by Crippen LogP contribution is 2.86. The van der Waals surface area contributed by atoms with Crippen molar-refractivity contribution in [3.8, 4) is 0 Å². The monoisotopic (exact) mass is 1000 g/mol. The highest BCUT2D eigenvalue weighted by atomic mass is 16.5. The third-order valence-corrected chi connectivity index (χ3v) is 27.1. The Morgan fingerprint density at radius 2 is 0.550 bits per heavy atom. The molecule has 80 heavy (non-hydrogen) atoms. The summed E-state index contributed by atoms with van der Waals surface area (Å²) in [6.45, 7) is 0.170. The fraction of sp³-hybridized carbons (Fsp3) is 0.120. The van der Waals surface area contributed by atoms with Gasteiger partial charge < -0.3 is 14.2 Å². The summed E-state index contributed by atoms with van der Waals surface area (Å²) in [7, 11) is 4.75. The van der Waals surface area contributed by atoms with Gasteiger partial charge in [-0.2, -0.15) is 0 Å². The lowest BCUT2D eigenvalue weighted by molar-refractivity contribution is -0.174. The number of ether oxygens (including phenoxy) is 3. The number of benzene rings is 18. The minimum absolute atomic E-state index is 0.0972. The van der Waals surface area contributed by atoms with Crippen LogP contribution in [0.3, 0.4) is 0 Å². The zero-order valence-corrected chi connectivity index (χ0v) is 42.0. The van der Waals surface area contributed by atoms with E-state index in [0.29, 0.717) is 0 Å². The van der Waals surface area contributed by atoms with Crippen molar-refractivity contribution in [3.63, 3.8) is 0 Å². The molecule has 28 aromatic carbocycles. The first-order chi connectivity index (χ1) is 39.6. The van der Waals surface area contributed by atoms with E-state index in [1.54, 1.807) is 71.7 Å². The van der Waals surface area contributed by atoms with E-state index < -0.39 is 28.2 Å². The lowest BCUT2D eigenvalue weighted by Gasteiger charge is -2.54. The molecule has 5 aliphatic rings. The quantitative estimate of drug-likeness (QED) is 0.0862. The van der Waals surface area contributed by atoms with Crippen LogP contribution in [0.25, 0.3) is 280 Å². The normalized spacial score (nSPS) is 20.6. The Bertz CT molecular complexity index is 7800. The van der Waals surface area contributed by atoms with Gasteiger partial charge in [0.15, 0.2) is 5.41 Å². The van der Waals surface area contributed by atoms with E-state index in [-0.39, 0.29) is 13.0 Å². The summed E-state index contributed by atoms with van der Waals surface area (Å²) in [4.78, 5) is 33.4. The van der Waals surface area contributed by atoms with Crippen molar-refractivity contribution >= 4 is 292 Å². The summed E-state index contributed by atoms with van der Waals surface area (Å²) in [5.74, 6) is -1.06. The molecule has 0 spiro atoms. The van der Waals surface area contributed by atoms with Gasteiger partial charge in [0, 0.05) is 13.7 Å². The summed E-state index contributed by atoms with van der Waals surface area (Å²) < 4.78 is 19.1. The zero-order chi connectivity index (χ0) is 49.5. The lowest BCUT2D eigenvalue weighted by Crippen LogP contribution is -2.61. The molecule has 0 amide bonds. The van der Waals surface area contributed by atoms with E-state index in [2.05, 4.69) is 30.3 Å². The van der Waals surface area contributed by atoms with Crippen molar-refractivity contribution in [2.24, 2.45) is 5.41 Å². The second kappa shape index (κ2) is 7.97. The molecule has 28 aromatic rings. The standard InChI is InChI=1S/C75H20O5/c1-78-10-9-74(71(76)79-2,72(77)80-3)75-66-58-49-42-29-22-16-15-17-13-14-18(16)27(29)33-31-20(14)23-19(13)30-32-26(17)28-21(15)24-25(22)36-43-35(24)44-41(28)48-46(32)50-37(30)39-34(23)40-38(31)51(47(33)49)62(66)64-53(40)52(39)63-61(50)65-57(48)54(44)59-56(43)60(55(58)45(36)42)69(75)67(59)73(65,68(63)70(64)75)11-12-7-5-4-6-8-12/h4-8H,9-11H2,1-3H3. The predicted molar refractivity (Wildman–Crippen MR) is 325 cm³/mol. The molecule has 0 aliphatic heterocycles. The highest BCUT2D eigenvalue weighted by Gasteiger charge is 2.76. The number of hydrogen-bond acceptors (Lipinski definition) is 5. The molecule has 0 N–H and O–H groups in total. The number of carbonyl (C=O) groups excluding carboxylic acids is 2. The topological polar surface area (TPSA) is 61.8 Å². The minimum Gasteiger partial charge on any atom is -0.468 e. The van der Waals surface area contributed by atoms with E-state index >= 15 is 9.59 Å². The fourth-order valence-electron chi connectivity index (χ4n) is 26.6. The van der Waals surface area contributed by atoms with Crippen LogP contribution in [0, 0.1) is 5.41 Å². The van der Waals surface area contributed by atoms with Gasteiger partial charge in [0.2, 0.25) is 0 Å².